The Hall–Kier alpha value is -3.76. The molecule has 4 aromatic rings. The number of carboxylic acids is 1. The van der Waals surface area contributed by atoms with Crippen molar-refractivity contribution in [2.75, 3.05) is 0 Å². The van der Waals surface area contributed by atoms with Crippen molar-refractivity contribution in [3.05, 3.63) is 132 Å². The summed E-state index contributed by atoms with van der Waals surface area (Å²) in [6.07, 6.45) is -0.0309. The van der Waals surface area contributed by atoms with Crippen molar-refractivity contribution in [2.24, 2.45) is 0 Å². The molecule has 0 aliphatic heterocycles. The van der Waals surface area contributed by atoms with E-state index in [-0.39, 0.29) is 24.3 Å². The molecule has 4 aromatic carbocycles. The fourth-order valence-corrected chi connectivity index (χ4v) is 4.39. The Bertz CT molecular complexity index is 1210. The Morgan fingerprint density at radius 2 is 1.41 bits per heavy atom. The molecule has 0 aliphatic carbocycles. The average molecular weight is 454 g/mol. The average Bonchev–Trinajstić information content (AvgIpc) is 2.87. The van der Waals surface area contributed by atoms with E-state index in [1.54, 1.807) is 12.1 Å². The van der Waals surface area contributed by atoms with Gasteiger partial charge in [-0.1, -0.05) is 91.0 Å². The molecule has 4 heteroatoms. The highest BCUT2D eigenvalue weighted by Crippen LogP contribution is 2.36. The maximum atomic E-state index is 13.4. The molecule has 172 valence electrons. The van der Waals surface area contributed by atoms with Crippen LogP contribution in [0, 0.1) is 5.82 Å². The first-order chi connectivity index (χ1) is 16.5. The van der Waals surface area contributed by atoms with E-state index in [0.29, 0.717) is 6.54 Å². The molecular formula is C30H28FNO2. The summed E-state index contributed by atoms with van der Waals surface area (Å²) in [4.78, 5) is 14.3. The summed E-state index contributed by atoms with van der Waals surface area (Å²) in [5, 5.41) is 9.86. The summed E-state index contributed by atoms with van der Waals surface area (Å²) < 4.78 is 13.4. The minimum absolute atomic E-state index is 0.0137. The highest BCUT2D eigenvalue weighted by atomic mass is 19.1. The molecule has 4 rings (SSSR count). The molecule has 0 amide bonds. The fourth-order valence-electron chi connectivity index (χ4n) is 4.39. The molecule has 0 heterocycles. The summed E-state index contributed by atoms with van der Waals surface area (Å²) in [6.45, 7) is 2.73. The second-order valence-electron chi connectivity index (χ2n) is 8.49. The highest BCUT2D eigenvalue weighted by Gasteiger charge is 2.28. The Morgan fingerprint density at radius 1 is 0.794 bits per heavy atom. The van der Waals surface area contributed by atoms with Gasteiger partial charge in [0.05, 0.1) is 6.42 Å². The van der Waals surface area contributed by atoms with Crippen molar-refractivity contribution in [1.29, 1.82) is 0 Å². The minimum Gasteiger partial charge on any atom is -0.481 e. The molecule has 3 nitrogen and oxygen atoms in total. The molecule has 0 radical (unpaired) electrons. The number of halogens is 1. The number of aliphatic carboxylic acids is 1. The summed E-state index contributed by atoms with van der Waals surface area (Å²) >= 11 is 0. The van der Waals surface area contributed by atoms with Crippen LogP contribution in [0.4, 0.5) is 4.39 Å². The first-order valence-electron chi connectivity index (χ1n) is 11.4. The second-order valence-corrected chi connectivity index (χ2v) is 8.49. The summed E-state index contributed by atoms with van der Waals surface area (Å²) in [5.74, 6) is -1.13. The van der Waals surface area contributed by atoms with Gasteiger partial charge in [-0.25, -0.2) is 4.39 Å². The van der Waals surface area contributed by atoms with Crippen LogP contribution >= 0.6 is 0 Å². The SMILES string of the molecule is C[C@H](c1ccccc1)N(Cc1ccccc1)[C@@H](CC(=O)O)c1cccc(-c2ccc(F)cc2)c1. The maximum absolute atomic E-state index is 13.4. The first kappa shape index (κ1) is 23.4. The summed E-state index contributed by atoms with van der Waals surface area (Å²) in [6, 6.07) is 34.2. The quantitative estimate of drug-likeness (QED) is 0.290. The van der Waals surface area contributed by atoms with E-state index >= 15 is 0 Å². The number of hydrogen-bond acceptors (Lipinski definition) is 2. The number of nitrogens with zero attached hydrogens (tertiary/aromatic N) is 1. The third kappa shape index (κ3) is 5.77. The van der Waals surface area contributed by atoms with Crippen LogP contribution in [0.5, 0.6) is 0 Å². The molecule has 0 bridgehead atoms. The van der Waals surface area contributed by atoms with Crippen LogP contribution in [0.25, 0.3) is 11.1 Å². The number of benzene rings is 4. The minimum atomic E-state index is -0.851. The van der Waals surface area contributed by atoms with E-state index in [4.69, 9.17) is 0 Å². The zero-order valence-corrected chi connectivity index (χ0v) is 19.1. The van der Waals surface area contributed by atoms with Crippen LogP contribution in [-0.4, -0.2) is 16.0 Å². The van der Waals surface area contributed by atoms with Gasteiger partial charge in [0.25, 0.3) is 0 Å². The molecule has 1 N–H and O–H groups in total. The molecule has 0 unspecified atom stereocenters. The van der Waals surface area contributed by atoms with E-state index in [1.807, 2.05) is 60.7 Å². The molecular weight excluding hydrogens is 425 g/mol. The van der Waals surface area contributed by atoms with Crippen molar-refractivity contribution < 1.29 is 14.3 Å². The van der Waals surface area contributed by atoms with Gasteiger partial charge in [-0.2, -0.15) is 0 Å². The van der Waals surface area contributed by atoms with E-state index in [2.05, 4.69) is 36.1 Å². The summed E-state index contributed by atoms with van der Waals surface area (Å²) in [5.41, 5.74) is 4.99. The van der Waals surface area contributed by atoms with Crippen molar-refractivity contribution in [2.45, 2.75) is 32.0 Å². The molecule has 2 atom stereocenters. The van der Waals surface area contributed by atoms with Crippen LogP contribution in [0.3, 0.4) is 0 Å². The zero-order chi connectivity index (χ0) is 23.9. The monoisotopic (exact) mass is 453 g/mol. The largest absolute Gasteiger partial charge is 0.481 e. The fraction of sp³-hybridized carbons (Fsp3) is 0.167. The number of rotatable bonds is 9. The van der Waals surface area contributed by atoms with Gasteiger partial charge in [0.1, 0.15) is 5.82 Å². The van der Waals surface area contributed by atoms with E-state index in [1.165, 1.54) is 12.1 Å². The van der Waals surface area contributed by atoms with Crippen LogP contribution in [0.1, 0.15) is 42.1 Å². The van der Waals surface area contributed by atoms with Gasteiger partial charge >= 0.3 is 5.97 Å². The van der Waals surface area contributed by atoms with Gasteiger partial charge in [-0.05, 0) is 52.9 Å². The van der Waals surface area contributed by atoms with Crippen molar-refractivity contribution in [3.8, 4) is 11.1 Å². The summed E-state index contributed by atoms with van der Waals surface area (Å²) in [7, 11) is 0. The molecule has 0 saturated carbocycles. The topological polar surface area (TPSA) is 40.5 Å². The number of carboxylic acid groups (broad SMARTS) is 1. The van der Waals surface area contributed by atoms with Gasteiger partial charge in [0.15, 0.2) is 0 Å². The Morgan fingerprint density at radius 3 is 2.06 bits per heavy atom. The molecule has 0 aromatic heterocycles. The first-order valence-corrected chi connectivity index (χ1v) is 11.4. The van der Waals surface area contributed by atoms with Crippen LogP contribution in [-0.2, 0) is 11.3 Å². The Balaban J connectivity index is 1.77. The number of hydrogen-bond donors (Lipinski definition) is 1. The molecule has 0 fully saturated rings. The predicted octanol–water partition coefficient (Wildman–Crippen LogP) is 7.27. The lowest BCUT2D eigenvalue weighted by Gasteiger charge is -2.37. The molecule has 0 aliphatic rings. The van der Waals surface area contributed by atoms with Crippen molar-refractivity contribution in [1.82, 2.24) is 4.90 Å². The zero-order valence-electron chi connectivity index (χ0n) is 19.1. The third-order valence-electron chi connectivity index (χ3n) is 6.20. The van der Waals surface area contributed by atoms with Gasteiger partial charge in [0.2, 0.25) is 0 Å². The Kier molecular flexibility index (Phi) is 7.51. The second kappa shape index (κ2) is 10.9. The molecule has 0 spiro atoms. The maximum Gasteiger partial charge on any atom is 0.305 e. The van der Waals surface area contributed by atoms with E-state index in [9.17, 15) is 14.3 Å². The van der Waals surface area contributed by atoms with E-state index < -0.39 is 5.97 Å². The normalized spacial score (nSPS) is 12.9. The van der Waals surface area contributed by atoms with E-state index in [0.717, 1.165) is 27.8 Å². The van der Waals surface area contributed by atoms with Crippen LogP contribution in [0.2, 0.25) is 0 Å². The van der Waals surface area contributed by atoms with Gasteiger partial charge < -0.3 is 5.11 Å². The lowest BCUT2D eigenvalue weighted by atomic mass is 9.94. The van der Waals surface area contributed by atoms with Crippen molar-refractivity contribution in [3.63, 3.8) is 0 Å². The Labute approximate surface area is 200 Å². The standard InChI is InChI=1S/C30H28FNO2/c1-22(24-11-6-3-7-12-24)32(21-23-9-4-2-5-10-23)29(20-30(33)34)27-14-8-13-26(19-27)25-15-17-28(31)18-16-25/h2-19,22,29H,20-21H2,1H3,(H,33,34)/t22-,29+/m1/s1. The van der Waals surface area contributed by atoms with Gasteiger partial charge in [-0.3, -0.25) is 9.69 Å². The predicted molar refractivity (Wildman–Crippen MR) is 134 cm³/mol. The molecule has 34 heavy (non-hydrogen) atoms. The van der Waals surface area contributed by atoms with Crippen LogP contribution < -0.4 is 0 Å². The van der Waals surface area contributed by atoms with Crippen molar-refractivity contribution >= 4 is 5.97 Å². The lowest BCUT2D eigenvalue weighted by molar-refractivity contribution is -0.138. The number of carbonyl (C=O) groups is 1. The smallest absolute Gasteiger partial charge is 0.305 e. The van der Waals surface area contributed by atoms with Gasteiger partial charge in [0, 0.05) is 18.6 Å². The third-order valence-corrected chi connectivity index (χ3v) is 6.20. The van der Waals surface area contributed by atoms with Gasteiger partial charge in [-0.15, -0.1) is 0 Å². The highest BCUT2D eigenvalue weighted by molar-refractivity contribution is 5.69. The van der Waals surface area contributed by atoms with Crippen LogP contribution in [0.15, 0.2) is 109 Å². The lowest BCUT2D eigenvalue weighted by Crippen LogP contribution is -2.32. The molecule has 0 saturated heterocycles.